The van der Waals surface area contributed by atoms with Gasteiger partial charge in [-0.05, 0) is 39.7 Å². The molecular weight excluding hydrogens is 337 g/mol. The lowest BCUT2D eigenvalue weighted by molar-refractivity contribution is 0.444. The smallest absolute Gasteiger partial charge is 0.166 e. The molecule has 4 nitrogen and oxygen atoms in total. The summed E-state index contributed by atoms with van der Waals surface area (Å²) >= 11 is 3.34. The zero-order valence-electron chi connectivity index (χ0n) is 10.9. The lowest BCUT2D eigenvalue weighted by Gasteiger charge is -2.09. The number of hydrogen-bond donors (Lipinski definition) is 1. The molecule has 0 saturated heterocycles. The highest BCUT2D eigenvalue weighted by molar-refractivity contribution is 9.10. The summed E-state index contributed by atoms with van der Waals surface area (Å²) in [6, 6.07) is 8.12. The number of nitrogens with zero attached hydrogens (tertiary/aromatic N) is 2. The van der Waals surface area contributed by atoms with Crippen LogP contribution in [0, 0.1) is 5.82 Å². The van der Waals surface area contributed by atoms with Gasteiger partial charge in [0.2, 0.25) is 0 Å². The largest absolute Gasteiger partial charge is 0.452 e. The molecule has 3 rings (SSSR count). The third-order valence-electron chi connectivity index (χ3n) is 2.96. The third-order valence-corrected chi connectivity index (χ3v) is 3.39. The number of fused-ring (bicyclic) bond motifs is 1. The fraction of sp³-hybridized carbons (Fsp3) is 0.0667. The van der Waals surface area contributed by atoms with E-state index in [0.29, 0.717) is 22.3 Å². The molecule has 3 aromatic rings. The van der Waals surface area contributed by atoms with Crippen molar-refractivity contribution in [3.8, 4) is 11.5 Å². The average Bonchev–Trinajstić information content (AvgIpc) is 2.49. The van der Waals surface area contributed by atoms with Crippen LogP contribution in [0.15, 0.2) is 47.2 Å². The highest BCUT2D eigenvalue weighted by Crippen LogP contribution is 2.30. The maximum atomic E-state index is 14.0. The number of hydrogen-bond acceptors (Lipinski definition) is 4. The van der Waals surface area contributed by atoms with E-state index >= 15 is 0 Å². The highest BCUT2D eigenvalue weighted by Gasteiger charge is 2.10. The SMILES string of the molecule is NCc1ccc(Oc2ccnc3cc(Br)cnc23)c(F)c1. The van der Waals surface area contributed by atoms with Gasteiger partial charge in [-0.25, -0.2) is 9.37 Å². The number of halogens is 2. The van der Waals surface area contributed by atoms with Gasteiger partial charge in [0.25, 0.3) is 0 Å². The third kappa shape index (κ3) is 2.86. The van der Waals surface area contributed by atoms with E-state index in [4.69, 9.17) is 10.5 Å². The Labute approximate surface area is 128 Å². The molecule has 0 spiro atoms. The summed E-state index contributed by atoms with van der Waals surface area (Å²) in [7, 11) is 0. The van der Waals surface area contributed by atoms with E-state index in [1.807, 2.05) is 6.07 Å². The van der Waals surface area contributed by atoms with Crippen LogP contribution >= 0.6 is 15.9 Å². The predicted molar refractivity (Wildman–Crippen MR) is 81.6 cm³/mol. The van der Waals surface area contributed by atoms with Crippen molar-refractivity contribution in [2.45, 2.75) is 6.54 Å². The Morgan fingerprint density at radius 1 is 1.14 bits per heavy atom. The molecule has 2 N–H and O–H groups in total. The van der Waals surface area contributed by atoms with E-state index in [1.54, 1.807) is 30.6 Å². The molecule has 6 heteroatoms. The summed E-state index contributed by atoms with van der Waals surface area (Å²) in [6.45, 7) is 0.283. The van der Waals surface area contributed by atoms with Gasteiger partial charge in [-0.3, -0.25) is 4.98 Å². The van der Waals surface area contributed by atoms with Gasteiger partial charge in [-0.15, -0.1) is 0 Å². The Hall–Kier alpha value is -2.05. The van der Waals surface area contributed by atoms with Crippen LogP contribution in [0.4, 0.5) is 4.39 Å². The molecular formula is C15H11BrFN3O. The van der Waals surface area contributed by atoms with Gasteiger partial charge in [-0.2, -0.15) is 0 Å². The molecule has 0 aliphatic heterocycles. The van der Waals surface area contributed by atoms with Crippen LogP contribution in [0.2, 0.25) is 0 Å². The maximum Gasteiger partial charge on any atom is 0.166 e. The van der Waals surface area contributed by atoms with Gasteiger partial charge >= 0.3 is 0 Å². The zero-order chi connectivity index (χ0) is 14.8. The van der Waals surface area contributed by atoms with E-state index in [-0.39, 0.29) is 12.3 Å². The van der Waals surface area contributed by atoms with E-state index in [1.165, 1.54) is 6.07 Å². The number of ether oxygens (including phenoxy) is 1. The van der Waals surface area contributed by atoms with Gasteiger partial charge < -0.3 is 10.5 Å². The first kappa shape index (κ1) is 13.9. The van der Waals surface area contributed by atoms with E-state index in [0.717, 1.165) is 4.47 Å². The van der Waals surface area contributed by atoms with Crippen molar-refractivity contribution in [2.75, 3.05) is 0 Å². The maximum absolute atomic E-state index is 14.0. The van der Waals surface area contributed by atoms with Crippen molar-refractivity contribution in [3.63, 3.8) is 0 Å². The molecule has 1 aromatic carbocycles. The molecule has 0 atom stereocenters. The van der Waals surface area contributed by atoms with Gasteiger partial charge in [0.05, 0.1) is 5.52 Å². The minimum atomic E-state index is -0.458. The fourth-order valence-electron chi connectivity index (χ4n) is 1.94. The predicted octanol–water partition coefficient (Wildman–Crippen LogP) is 3.78. The number of benzene rings is 1. The van der Waals surface area contributed by atoms with Crippen molar-refractivity contribution >= 4 is 27.0 Å². The molecule has 2 aromatic heterocycles. The van der Waals surface area contributed by atoms with Crippen LogP contribution in [0.1, 0.15) is 5.56 Å². The number of pyridine rings is 2. The summed E-state index contributed by atoms with van der Waals surface area (Å²) < 4.78 is 20.4. The van der Waals surface area contributed by atoms with Crippen molar-refractivity contribution < 1.29 is 9.13 Å². The quantitative estimate of drug-likeness (QED) is 0.783. The normalized spacial score (nSPS) is 10.8. The molecule has 106 valence electrons. The summed E-state index contributed by atoms with van der Waals surface area (Å²) in [4.78, 5) is 8.47. The van der Waals surface area contributed by atoms with E-state index in [9.17, 15) is 4.39 Å². The monoisotopic (exact) mass is 347 g/mol. The van der Waals surface area contributed by atoms with E-state index < -0.39 is 5.82 Å². The topological polar surface area (TPSA) is 61.0 Å². The molecule has 0 radical (unpaired) electrons. The van der Waals surface area contributed by atoms with E-state index in [2.05, 4.69) is 25.9 Å². The van der Waals surface area contributed by atoms with Crippen molar-refractivity contribution in [3.05, 3.63) is 58.6 Å². The summed E-state index contributed by atoms with van der Waals surface area (Å²) in [5.74, 6) is 0.122. The second-order valence-corrected chi connectivity index (χ2v) is 5.32. The number of aromatic nitrogens is 2. The van der Waals surface area contributed by atoms with Crippen LogP contribution in [0.3, 0.4) is 0 Å². The molecule has 0 aliphatic carbocycles. The lowest BCUT2D eigenvalue weighted by atomic mass is 10.2. The molecule has 2 heterocycles. The molecule has 0 aliphatic rings. The van der Waals surface area contributed by atoms with Gasteiger partial charge in [-0.1, -0.05) is 6.07 Å². The first-order valence-electron chi connectivity index (χ1n) is 6.24. The highest BCUT2D eigenvalue weighted by atomic mass is 79.9. The Balaban J connectivity index is 2.02. The Bertz CT molecular complexity index is 810. The Morgan fingerprint density at radius 2 is 2.00 bits per heavy atom. The van der Waals surface area contributed by atoms with Crippen LogP contribution in [0.25, 0.3) is 11.0 Å². The van der Waals surface area contributed by atoms with Crippen LogP contribution in [-0.4, -0.2) is 9.97 Å². The first-order chi connectivity index (χ1) is 10.2. The second kappa shape index (κ2) is 5.75. The molecule has 0 fully saturated rings. The molecule has 21 heavy (non-hydrogen) atoms. The Morgan fingerprint density at radius 3 is 2.76 bits per heavy atom. The van der Waals surface area contributed by atoms with Crippen molar-refractivity contribution in [2.24, 2.45) is 5.73 Å². The lowest BCUT2D eigenvalue weighted by Crippen LogP contribution is -1.98. The van der Waals surface area contributed by atoms with Gasteiger partial charge in [0.1, 0.15) is 5.52 Å². The van der Waals surface area contributed by atoms with Crippen LogP contribution < -0.4 is 10.5 Å². The van der Waals surface area contributed by atoms with Crippen molar-refractivity contribution in [1.29, 1.82) is 0 Å². The standard InChI is InChI=1S/C15H11BrFN3O/c16-10-6-12-15(20-8-10)14(3-4-19-12)21-13-2-1-9(7-18)5-11(13)17/h1-6,8H,7,18H2. The Kier molecular flexibility index (Phi) is 3.81. The first-order valence-corrected chi connectivity index (χ1v) is 7.03. The molecule has 0 amide bonds. The van der Waals surface area contributed by atoms with Gasteiger partial charge in [0, 0.05) is 29.5 Å². The summed E-state index contributed by atoms with van der Waals surface area (Å²) in [5, 5.41) is 0. The number of nitrogens with two attached hydrogens (primary N) is 1. The zero-order valence-corrected chi connectivity index (χ0v) is 12.5. The molecule has 0 bridgehead atoms. The van der Waals surface area contributed by atoms with Crippen LogP contribution in [-0.2, 0) is 6.54 Å². The molecule has 0 unspecified atom stereocenters. The second-order valence-electron chi connectivity index (χ2n) is 4.40. The summed E-state index contributed by atoms with van der Waals surface area (Å²) in [6.07, 6.45) is 3.24. The number of rotatable bonds is 3. The van der Waals surface area contributed by atoms with Crippen molar-refractivity contribution in [1.82, 2.24) is 9.97 Å². The summed E-state index contributed by atoms with van der Waals surface area (Å²) in [5.41, 5.74) is 7.43. The van der Waals surface area contributed by atoms with Gasteiger partial charge in [0.15, 0.2) is 17.3 Å². The molecule has 0 saturated carbocycles. The minimum absolute atomic E-state index is 0.129. The van der Waals surface area contributed by atoms with Crippen LogP contribution in [0.5, 0.6) is 11.5 Å². The average molecular weight is 348 g/mol. The fourth-order valence-corrected chi connectivity index (χ4v) is 2.26. The minimum Gasteiger partial charge on any atom is -0.452 e.